The van der Waals surface area contributed by atoms with E-state index in [0.717, 1.165) is 5.39 Å². The molecule has 0 aliphatic rings. The van der Waals surface area contributed by atoms with Crippen LogP contribution in [-0.2, 0) is 0 Å². The summed E-state index contributed by atoms with van der Waals surface area (Å²) in [5.74, 6) is 0. The van der Waals surface area contributed by atoms with E-state index < -0.39 is 0 Å². The fourth-order valence-electron chi connectivity index (χ4n) is 3.41. The SMILES string of the molecule is CC(C)n1c2c(=O)ccc(=O)c2c2c(=O)c3ccccc3c21. The molecule has 1 aromatic heterocycles. The third-order valence-corrected chi connectivity index (χ3v) is 4.24. The Balaban J connectivity index is 2.54. The molecule has 0 atom stereocenters. The van der Waals surface area contributed by atoms with Crippen LogP contribution in [0.2, 0.25) is 0 Å². The molecule has 0 aliphatic carbocycles. The monoisotopic (exact) mass is 291 g/mol. The summed E-state index contributed by atoms with van der Waals surface area (Å²) in [7, 11) is 0. The molecule has 4 rings (SSSR count). The highest BCUT2D eigenvalue weighted by molar-refractivity contribution is 6.20. The molecule has 108 valence electrons. The lowest BCUT2D eigenvalue weighted by Gasteiger charge is -2.10. The maximum absolute atomic E-state index is 12.7. The van der Waals surface area contributed by atoms with Gasteiger partial charge in [-0.1, -0.05) is 24.3 Å². The summed E-state index contributed by atoms with van der Waals surface area (Å²) >= 11 is 0. The Morgan fingerprint density at radius 1 is 0.773 bits per heavy atom. The first-order valence-electron chi connectivity index (χ1n) is 7.21. The molecule has 0 N–H and O–H groups in total. The van der Waals surface area contributed by atoms with Gasteiger partial charge in [-0.25, -0.2) is 0 Å². The highest BCUT2D eigenvalue weighted by Gasteiger charge is 2.23. The minimum Gasteiger partial charge on any atom is -0.334 e. The van der Waals surface area contributed by atoms with Gasteiger partial charge in [-0.15, -0.1) is 0 Å². The third kappa shape index (κ3) is 1.39. The van der Waals surface area contributed by atoms with E-state index in [1.54, 1.807) is 6.07 Å². The van der Waals surface area contributed by atoms with Crippen LogP contribution in [0.3, 0.4) is 0 Å². The summed E-state index contributed by atoms with van der Waals surface area (Å²) in [6.07, 6.45) is 0. The highest BCUT2D eigenvalue weighted by atomic mass is 16.1. The van der Waals surface area contributed by atoms with Crippen molar-refractivity contribution in [2.45, 2.75) is 19.9 Å². The molecule has 3 aromatic carbocycles. The molecule has 4 heteroatoms. The van der Waals surface area contributed by atoms with Crippen LogP contribution in [0, 0.1) is 0 Å². The van der Waals surface area contributed by atoms with Gasteiger partial charge in [0.1, 0.15) is 5.52 Å². The first kappa shape index (κ1) is 13.0. The maximum Gasteiger partial charge on any atom is 0.203 e. The minimum atomic E-state index is -0.272. The molecular formula is C18H13NO3. The van der Waals surface area contributed by atoms with Crippen molar-refractivity contribution in [2.24, 2.45) is 0 Å². The average molecular weight is 291 g/mol. The lowest BCUT2D eigenvalue weighted by Crippen LogP contribution is -2.13. The van der Waals surface area contributed by atoms with Gasteiger partial charge in [-0.05, 0) is 26.0 Å². The van der Waals surface area contributed by atoms with Gasteiger partial charge in [-0.2, -0.15) is 0 Å². The van der Waals surface area contributed by atoms with Crippen molar-refractivity contribution >= 4 is 32.6 Å². The van der Waals surface area contributed by atoms with Crippen molar-refractivity contribution in [3.05, 3.63) is 67.1 Å². The molecular weight excluding hydrogens is 278 g/mol. The summed E-state index contributed by atoms with van der Waals surface area (Å²) in [5, 5.41) is 2.04. The van der Waals surface area contributed by atoms with Crippen LogP contribution in [0.1, 0.15) is 19.9 Å². The molecule has 0 amide bonds. The second-order valence-corrected chi connectivity index (χ2v) is 5.85. The molecule has 0 spiro atoms. The molecule has 1 heterocycles. The molecule has 0 saturated heterocycles. The van der Waals surface area contributed by atoms with Crippen molar-refractivity contribution in [2.75, 3.05) is 0 Å². The molecule has 0 saturated carbocycles. The molecule has 4 nitrogen and oxygen atoms in total. The average Bonchev–Trinajstić information content (AvgIpc) is 2.99. The number of hydrogen-bond acceptors (Lipinski definition) is 3. The molecule has 4 aromatic rings. The van der Waals surface area contributed by atoms with Crippen LogP contribution in [0.25, 0.3) is 32.6 Å². The summed E-state index contributed by atoms with van der Waals surface area (Å²) in [5.41, 5.74) is 0.383. The zero-order chi connectivity index (χ0) is 15.6. The van der Waals surface area contributed by atoms with Gasteiger partial charge in [-0.3, -0.25) is 14.4 Å². The third-order valence-electron chi connectivity index (χ3n) is 4.24. The van der Waals surface area contributed by atoms with E-state index in [0.29, 0.717) is 21.8 Å². The van der Waals surface area contributed by atoms with Crippen LogP contribution in [-0.4, -0.2) is 4.57 Å². The van der Waals surface area contributed by atoms with Crippen LogP contribution in [0.15, 0.2) is 50.8 Å². The van der Waals surface area contributed by atoms with E-state index in [-0.39, 0.29) is 27.7 Å². The van der Waals surface area contributed by atoms with Crippen LogP contribution >= 0.6 is 0 Å². The van der Waals surface area contributed by atoms with Crippen molar-refractivity contribution in [3.8, 4) is 0 Å². The zero-order valence-corrected chi connectivity index (χ0v) is 12.2. The summed E-state index contributed by atoms with van der Waals surface area (Å²) in [4.78, 5) is 37.4. The Labute approximate surface area is 124 Å². The highest BCUT2D eigenvalue weighted by Crippen LogP contribution is 2.32. The smallest absolute Gasteiger partial charge is 0.203 e. The molecule has 0 bridgehead atoms. The van der Waals surface area contributed by atoms with Crippen molar-refractivity contribution < 1.29 is 0 Å². The van der Waals surface area contributed by atoms with Crippen LogP contribution in [0.4, 0.5) is 0 Å². The van der Waals surface area contributed by atoms with E-state index in [9.17, 15) is 14.4 Å². The summed E-state index contributed by atoms with van der Waals surface area (Å²) < 4.78 is 1.83. The fraction of sp³-hybridized carbons (Fsp3) is 0.167. The van der Waals surface area contributed by atoms with E-state index in [4.69, 9.17) is 0 Å². The molecule has 0 unspecified atom stereocenters. The largest absolute Gasteiger partial charge is 0.334 e. The fourth-order valence-corrected chi connectivity index (χ4v) is 3.41. The zero-order valence-electron chi connectivity index (χ0n) is 12.2. The lowest BCUT2D eigenvalue weighted by atomic mass is 10.2. The van der Waals surface area contributed by atoms with Gasteiger partial charge < -0.3 is 4.57 Å². The second kappa shape index (κ2) is 4.13. The predicted molar refractivity (Wildman–Crippen MR) is 88.5 cm³/mol. The van der Waals surface area contributed by atoms with E-state index >= 15 is 0 Å². The first-order valence-corrected chi connectivity index (χ1v) is 7.21. The lowest BCUT2D eigenvalue weighted by molar-refractivity contribution is 0.642. The van der Waals surface area contributed by atoms with Crippen molar-refractivity contribution in [1.29, 1.82) is 0 Å². The molecule has 0 fully saturated rings. The second-order valence-electron chi connectivity index (χ2n) is 5.85. The van der Waals surface area contributed by atoms with Gasteiger partial charge in [0, 0.05) is 16.8 Å². The van der Waals surface area contributed by atoms with Gasteiger partial charge >= 0.3 is 0 Å². The Hall–Kier alpha value is -2.75. The number of fused-ring (bicyclic) bond motifs is 5. The Bertz CT molecular complexity index is 1200. The number of benzene rings is 2. The number of aromatic nitrogens is 1. The summed E-state index contributed by atoms with van der Waals surface area (Å²) in [6, 6.07) is 9.81. The van der Waals surface area contributed by atoms with Crippen LogP contribution in [0.5, 0.6) is 0 Å². The Morgan fingerprint density at radius 2 is 1.41 bits per heavy atom. The van der Waals surface area contributed by atoms with Gasteiger partial charge in [0.25, 0.3) is 0 Å². The quantitative estimate of drug-likeness (QED) is 0.541. The standard InChI is InChI=1S/C18H13NO3/c1-9(2)19-16-10-5-3-4-6-11(10)18(22)15(16)14-12(20)7-8-13(21)17(14)19/h3-9H,1-2H3. The van der Waals surface area contributed by atoms with Crippen LogP contribution < -0.4 is 16.3 Å². The Morgan fingerprint density at radius 3 is 2.09 bits per heavy atom. The normalized spacial score (nSPS) is 12.1. The molecule has 0 aliphatic heterocycles. The number of nitrogens with zero attached hydrogens (tertiary/aromatic N) is 1. The van der Waals surface area contributed by atoms with E-state index in [1.807, 2.05) is 36.6 Å². The van der Waals surface area contributed by atoms with Gasteiger partial charge in [0.15, 0.2) is 10.9 Å². The molecule has 0 radical (unpaired) electrons. The number of rotatable bonds is 1. The number of hydrogen-bond donors (Lipinski definition) is 0. The first-order chi connectivity index (χ1) is 10.5. The topological polar surface area (TPSA) is 56.1 Å². The van der Waals surface area contributed by atoms with Gasteiger partial charge in [0.2, 0.25) is 5.43 Å². The predicted octanol–water partition coefficient (Wildman–Crippen LogP) is 2.48. The molecule has 22 heavy (non-hydrogen) atoms. The van der Waals surface area contributed by atoms with Crippen molar-refractivity contribution in [3.63, 3.8) is 0 Å². The maximum atomic E-state index is 12.7. The van der Waals surface area contributed by atoms with E-state index in [2.05, 4.69) is 0 Å². The van der Waals surface area contributed by atoms with Gasteiger partial charge in [0.05, 0.1) is 16.3 Å². The minimum absolute atomic E-state index is 0.0280. The van der Waals surface area contributed by atoms with E-state index in [1.165, 1.54) is 12.1 Å². The summed E-state index contributed by atoms with van der Waals surface area (Å²) in [6.45, 7) is 3.89. The Kier molecular flexibility index (Phi) is 2.43. The van der Waals surface area contributed by atoms with Crippen molar-refractivity contribution in [1.82, 2.24) is 4.57 Å².